The molecule has 0 radical (unpaired) electrons. The smallest absolute Gasteiger partial charge is 0.308 e. The number of aliphatic hydroxyl groups is 2. The molecule has 0 saturated carbocycles. The topological polar surface area (TPSA) is 66.8 Å². The van der Waals surface area contributed by atoms with Crippen molar-refractivity contribution >= 4 is 5.97 Å². The molecule has 0 aliphatic heterocycles. The lowest BCUT2D eigenvalue weighted by molar-refractivity contribution is -0.195. The van der Waals surface area contributed by atoms with Crippen molar-refractivity contribution < 1.29 is 19.7 Å². The van der Waals surface area contributed by atoms with Gasteiger partial charge in [-0.15, -0.1) is 0 Å². The van der Waals surface area contributed by atoms with Gasteiger partial charge in [0.15, 0.2) is 0 Å². The summed E-state index contributed by atoms with van der Waals surface area (Å²) in [5.41, 5.74) is 0. The number of hydrogen-bond acceptors (Lipinski definition) is 4. The number of aliphatic hydroxyl groups excluding tert-OH is 1. The van der Waals surface area contributed by atoms with Gasteiger partial charge < -0.3 is 14.9 Å². The molecule has 0 aliphatic carbocycles. The van der Waals surface area contributed by atoms with Gasteiger partial charge in [0, 0.05) is 26.9 Å². The Kier molecular flexibility index (Phi) is 4.07. The third-order valence-electron chi connectivity index (χ3n) is 0.903. The first-order valence-corrected chi connectivity index (χ1v) is 3.51. The maximum Gasteiger partial charge on any atom is 0.308 e. The quantitative estimate of drug-likeness (QED) is 0.452. The van der Waals surface area contributed by atoms with Crippen LogP contribution in [-0.4, -0.2) is 28.6 Å². The van der Waals surface area contributed by atoms with Gasteiger partial charge >= 0.3 is 5.97 Å². The average Bonchev–Trinajstić information content (AvgIpc) is 1.79. The van der Waals surface area contributed by atoms with E-state index in [-0.39, 0.29) is 13.0 Å². The van der Waals surface area contributed by atoms with Crippen LogP contribution in [0.15, 0.2) is 0 Å². The molecule has 0 aromatic rings. The Morgan fingerprint density at radius 1 is 1.55 bits per heavy atom. The van der Waals surface area contributed by atoms with Gasteiger partial charge in [0.25, 0.3) is 0 Å². The Hall–Kier alpha value is -0.610. The lowest BCUT2D eigenvalue weighted by atomic mass is 10.3. The van der Waals surface area contributed by atoms with Crippen molar-refractivity contribution in [2.24, 2.45) is 0 Å². The highest BCUT2D eigenvalue weighted by Gasteiger charge is 2.17. The number of esters is 1. The molecule has 11 heavy (non-hydrogen) atoms. The van der Waals surface area contributed by atoms with Gasteiger partial charge in [-0.3, -0.25) is 4.79 Å². The first-order valence-electron chi connectivity index (χ1n) is 3.51. The van der Waals surface area contributed by atoms with Crippen molar-refractivity contribution in [1.82, 2.24) is 0 Å². The summed E-state index contributed by atoms with van der Waals surface area (Å²) < 4.78 is 4.55. The van der Waals surface area contributed by atoms with E-state index < -0.39 is 11.8 Å². The predicted molar refractivity (Wildman–Crippen MR) is 38.7 cm³/mol. The summed E-state index contributed by atoms with van der Waals surface area (Å²) >= 11 is 0. The molecule has 0 amide bonds. The van der Waals surface area contributed by atoms with Crippen LogP contribution < -0.4 is 0 Å². The molecule has 0 atom stereocenters. The van der Waals surface area contributed by atoms with Crippen molar-refractivity contribution in [3.8, 4) is 0 Å². The lowest BCUT2D eigenvalue weighted by Crippen LogP contribution is -2.27. The number of carbonyl (C=O) groups excluding carboxylic acids is 1. The minimum absolute atomic E-state index is 0.0407. The Labute approximate surface area is 65.8 Å². The van der Waals surface area contributed by atoms with E-state index in [1.807, 2.05) is 0 Å². The maximum atomic E-state index is 10.7. The summed E-state index contributed by atoms with van der Waals surface area (Å²) in [5, 5.41) is 17.3. The van der Waals surface area contributed by atoms with Crippen molar-refractivity contribution in [1.29, 1.82) is 0 Å². The fourth-order valence-electron chi connectivity index (χ4n) is 0.553. The van der Waals surface area contributed by atoms with Crippen LogP contribution in [0.3, 0.4) is 0 Å². The third-order valence-corrected chi connectivity index (χ3v) is 0.903. The van der Waals surface area contributed by atoms with Gasteiger partial charge in [0.05, 0.1) is 0 Å². The normalized spacial score (nSPS) is 11.3. The fraction of sp³-hybridized carbons (Fsp3) is 0.857. The molecule has 0 aromatic heterocycles. The van der Waals surface area contributed by atoms with Gasteiger partial charge in [-0.25, -0.2) is 0 Å². The Balaban J connectivity index is 3.53. The summed E-state index contributed by atoms with van der Waals surface area (Å²) in [6, 6.07) is 0. The van der Waals surface area contributed by atoms with E-state index in [1.165, 1.54) is 13.8 Å². The van der Waals surface area contributed by atoms with Gasteiger partial charge in [0.2, 0.25) is 5.79 Å². The van der Waals surface area contributed by atoms with Crippen molar-refractivity contribution in [3.05, 3.63) is 0 Å². The minimum Gasteiger partial charge on any atom is -0.434 e. The van der Waals surface area contributed by atoms with Gasteiger partial charge in [0.1, 0.15) is 0 Å². The molecule has 0 unspecified atom stereocenters. The summed E-state index contributed by atoms with van der Waals surface area (Å²) in [6.45, 7) is 2.72. The lowest BCUT2D eigenvalue weighted by Gasteiger charge is -2.17. The van der Waals surface area contributed by atoms with Crippen LogP contribution in [0.4, 0.5) is 0 Å². The van der Waals surface area contributed by atoms with E-state index in [0.717, 1.165) is 0 Å². The zero-order valence-corrected chi connectivity index (χ0v) is 6.83. The van der Waals surface area contributed by atoms with Crippen LogP contribution in [0.1, 0.15) is 26.7 Å². The molecule has 0 aliphatic rings. The predicted octanol–water partition coefficient (Wildman–Crippen LogP) is 0.0305. The second-order valence-corrected chi connectivity index (χ2v) is 2.75. The maximum absolute atomic E-state index is 10.7. The standard InChI is InChI=1S/C7H14O4/c1-7(2,10)11-6(9)4-3-5-8/h8,10H,3-5H2,1-2H3. The summed E-state index contributed by atoms with van der Waals surface area (Å²) in [7, 11) is 0. The van der Waals surface area contributed by atoms with E-state index in [0.29, 0.717) is 6.42 Å². The molecule has 4 nitrogen and oxygen atoms in total. The van der Waals surface area contributed by atoms with Gasteiger partial charge in [-0.2, -0.15) is 0 Å². The Morgan fingerprint density at radius 2 is 2.09 bits per heavy atom. The van der Waals surface area contributed by atoms with E-state index in [9.17, 15) is 4.79 Å². The van der Waals surface area contributed by atoms with Crippen LogP contribution in [0.5, 0.6) is 0 Å². The second-order valence-electron chi connectivity index (χ2n) is 2.75. The molecule has 0 heterocycles. The SMILES string of the molecule is CC(C)(O)OC(=O)CCCO. The van der Waals surface area contributed by atoms with Crippen LogP contribution >= 0.6 is 0 Å². The van der Waals surface area contributed by atoms with E-state index in [1.54, 1.807) is 0 Å². The molecule has 0 aromatic carbocycles. The van der Waals surface area contributed by atoms with Crippen molar-refractivity contribution in [2.75, 3.05) is 6.61 Å². The molecular weight excluding hydrogens is 148 g/mol. The highest BCUT2D eigenvalue weighted by atomic mass is 16.7. The average molecular weight is 162 g/mol. The molecule has 66 valence electrons. The molecular formula is C7H14O4. The summed E-state index contributed by atoms with van der Waals surface area (Å²) in [5.74, 6) is -1.90. The Morgan fingerprint density at radius 3 is 2.45 bits per heavy atom. The second kappa shape index (κ2) is 4.31. The zero-order chi connectivity index (χ0) is 8.91. The highest BCUT2D eigenvalue weighted by molar-refractivity contribution is 5.69. The van der Waals surface area contributed by atoms with E-state index in [4.69, 9.17) is 10.2 Å². The first-order chi connectivity index (χ1) is 4.95. The molecule has 0 spiro atoms. The first kappa shape index (κ1) is 10.4. The van der Waals surface area contributed by atoms with E-state index >= 15 is 0 Å². The van der Waals surface area contributed by atoms with Crippen molar-refractivity contribution in [2.45, 2.75) is 32.5 Å². The Bertz CT molecular complexity index is 125. The number of ether oxygens (including phenoxy) is 1. The summed E-state index contributed by atoms with van der Waals surface area (Å²) in [6.07, 6.45) is 0.509. The fourth-order valence-corrected chi connectivity index (χ4v) is 0.553. The van der Waals surface area contributed by atoms with Crippen LogP contribution in [0.2, 0.25) is 0 Å². The van der Waals surface area contributed by atoms with Crippen LogP contribution in [0, 0.1) is 0 Å². The largest absolute Gasteiger partial charge is 0.434 e. The molecule has 0 saturated heterocycles. The highest BCUT2D eigenvalue weighted by Crippen LogP contribution is 2.05. The summed E-state index contributed by atoms with van der Waals surface area (Å²) in [4.78, 5) is 10.7. The monoisotopic (exact) mass is 162 g/mol. The number of carbonyl (C=O) groups is 1. The number of rotatable bonds is 4. The third kappa shape index (κ3) is 7.29. The molecule has 0 fully saturated rings. The van der Waals surface area contributed by atoms with Crippen LogP contribution in [0.25, 0.3) is 0 Å². The van der Waals surface area contributed by atoms with Crippen molar-refractivity contribution in [3.63, 3.8) is 0 Å². The van der Waals surface area contributed by atoms with Gasteiger partial charge in [-0.05, 0) is 6.42 Å². The van der Waals surface area contributed by atoms with Gasteiger partial charge in [-0.1, -0.05) is 0 Å². The molecule has 0 rings (SSSR count). The van der Waals surface area contributed by atoms with E-state index in [2.05, 4.69) is 4.74 Å². The number of hydrogen-bond donors (Lipinski definition) is 2. The molecule has 0 bridgehead atoms. The molecule has 4 heteroatoms. The van der Waals surface area contributed by atoms with Crippen LogP contribution in [-0.2, 0) is 9.53 Å². The minimum atomic E-state index is -1.41. The molecule has 2 N–H and O–H groups in total. The zero-order valence-electron chi connectivity index (χ0n) is 6.83.